The van der Waals surface area contributed by atoms with Crippen molar-refractivity contribution in [2.24, 2.45) is 0 Å². The van der Waals surface area contributed by atoms with Crippen LogP contribution >= 0.6 is 11.9 Å². The van der Waals surface area contributed by atoms with E-state index in [1.54, 1.807) is 0 Å². The van der Waals surface area contributed by atoms with E-state index in [2.05, 4.69) is 14.9 Å². The molecule has 0 amide bonds. The fourth-order valence-electron chi connectivity index (χ4n) is 2.03. The van der Waals surface area contributed by atoms with Crippen molar-refractivity contribution in [2.75, 3.05) is 24.1 Å². The lowest BCUT2D eigenvalue weighted by Gasteiger charge is -2.21. The largest absolute Gasteiger partial charge is 0.456 e. The van der Waals surface area contributed by atoms with Gasteiger partial charge in [-0.25, -0.2) is 0 Å². The third-order valence-electron chi connectivity index (χ3n) is 3.21. The number of nitrogens with one attached hydrogen (secondary N) is 2. The highest BCUT2D eigenvalue weighted by atomic mass is 32.2. The van der Waals surface area contributed by atoms with Gasteiger partial charge in [0.25, 0.3) is 5.09 Å². The van der Waals surface area contributed by atoms with Gasteiger partial charge in [-0.15, -0.1) is 10.1 Å². The number of benzene rings is 1. The number of hydrogen-bond donors (Lipinski definition) is 2. The van der Waals surface area contributed by atoms with Gasteiger partial charge in [-0.1, -0.05) is 37.9 Å². The number of ether oxygens (including phenoxy) is 1. The molecule has 1 rings (SSSR count). The van der Waals surface area contributed by atoms with Crippen LogP contribution in [0.4, 0.5) is 5.69 Å². The highest BCUT2D eigenvalue weighted by Gasteiger charge is 2.17. The van der Waals surface area contributed by atoms with Crippen LogP contribution in [0.15, 0.2) is 24.3 Å². The number of hydrogen-bond acceptors (Lipinski definition) is 8. The predicted molar refractivity (Wildman–Crippen MR) is 97.7 cm³/mol. The van der Waals surface area contributed by atoms with Crippen LogP contribution in [0.25, 0.3) is 0 Å². The third-order valence-corrected chi connectivity index (χ3v) is 3.65. The molecule has 140 valence electrons. The molecule has 0 fully saturated rings. The van der Waals surface area contributed by atoms with Gasteiger partial charge < -0.3 is 19.6 Å². The summed E-state index contributed by atoms with van der Waals surface area (Å²) in [6.45, 7) is 4.40. The molecule has 1 aromatic carbocycles. The van der Waals surface area contributed by atoms with E-state index in [1.165, 1.54) is 11.9 Å². The van der Waals surface area contributed by atoms with Crippen molar-refractivity contribution in [1.29, 1.82) is 0 Å². The molecule has 0 aliphatic rings. The van der Waals surface area contributed by atoms with Gasteiger partial charge in [0.15, 0.2) is 0 Å². The molecule has 0 aliphatic carbocycles. The Morgan fingerprint density at radius 3 is 2.56 bits per heavy atom. The fourth-order valence-corrected chi connectivity index (χ4v) is 2.40. The van der Waals surface area contributed by atoms with Crippen molar-refractivity contribution in [3.05, 3.63) is 39.9 Å². The van der Waals surface area contributed by atoms with Crippen molar-refractivity contribution in [2.45, 2.75) is 38.8 Å². The first-order valence-corrected chi connectivity index (χ1v) is 9.24. The van der Waals surface area contributed by atoms with E-state index in [0.29, 0.717) is 6.54 Å². The Morgan fingerprint density at radius 2 is 2.00 bits per heavy atom. The summed E-state index contributed by atoms with van der Waals surface area (Å²) < 4.78 is 8.67. The van der Waals surface area contributed by atoms with Gasteiger partial charge in [0.05, 0.1) is 6.61 Å². The third kappa shape index (κ3) is 9.16. The highest BCUT2D eigenvalue weighted by molar-refractivity contribution is 7.99. The summed E-state index contributed by atoms with van der Waals surface area (Å²) >= 11 is 1.50. The maximum atomic E-state index is 12.0. The molecule has 9 heteroatoms. The normalized spacial score (nSPS) is 11.8. The van der Waals surface area contributed by atoms with Crippen LogP contribution in [-0.4, -0.2) is 36.5 Å². The average molecular weight is 371 g/mol. The summed E-state index contributed by atoms with van der Waals surface area (Å²) in [7, 11) is 0. The van der Waals surface area contributed by atoms with E-state index in [1.807, 2.05) is 44.4 Å². The van der Waals surface area contributed by atoms with Crippen LogP contribution < -0.4 is 10.0 Å². The second kappa shape index (κ2) is 11.5. The van der Waals surface area contributed by atoms with Crippen molar-refractivity contribution < 1.29 is 19.5 Å². The lowest BCUT2D eigenvalue weighted by atomic mass is 10.1. The van der Waals surface area contributed by atoms with Crippen molar-refractivity contribution in [3.8, 4) is 0 Å². The standard InChI is InChI=1S/C16H25N3O5S/c1-12(2)17-11-15(13-6-8-14(9-7-13)18-25-3)24-16(20)5-4-10-23-19(21)22/h6-9,12,15,17-18H,4-5,10-11H2,1-3H3. The zero-order valence-electron chi connectivity index (χ0n) is 14.7. The summed E-state index contributed by atoms with van der Waals surface area (Å²) in [5.41, 5.74) is 1.85. The molecule has 0 bridgehead atoms. The SMILES string of the molecule is CSNc1ccc(C(CNC(C)C)OC(=O)CCCO[N+](=O)[O-])cc1. The topological polar surface area (TPSA) is 103 Å². The molecule has 0 heterocycles. The molecule has 1 unspecified atom stereocenters. The Labute approximate surface area is 151 Å². The quantitative estimate of drug-likeness (QED) is 0.190. The van der Waals surface area contributed by atoms with Crippen LogP contribution in [-0.2, 0) is 14.4 Å². The van der Waals surface area contributed by atoms with Crippen LogP contribution in [0.3, 0.4) is 0 Å². The Balaban J connectivity index is 2.62. The second-order valence-electron chi connectivity index (χ2n) is 5.63. The van der Waals surface area contributed by atoms with Crippen LogP contribution in [0.1, 0.15) is 38.4 Å². The molecule has 0 saturated carbocycles. The van der Waals surface area contributed by atoms with E-state index >= 15 is 0 Å². The smallest absolute Gasteiger partial charge is 0.306 e. The summed E-state index contributed by atoms with van der Waals surface area (Å²) in [6.07, 6.45) is 1.82. The molecular weight excluding hydrogens is 346 g/mol. The van der Waals surface area contributed by atoms with E-state index in [0.717, 1.165) is 11.3 Å². The molecule has 0 aliphatic heterocycles. The highest BCUT2D eigenvalue weighted by Crippen LogP contribution is 2.21. The molecule has 1 atom stereocenters. The summed E-state index contributed by atoms with van der Waals surface area (Å²) in [5, 5.41) is 12.5. The average Bonchev–Trinajstić information content (AvgIpc) is 2.56. The van der Waals surface area contributed by atoms with Gasteiger partial charge in [-0.05, 0) is 24.1 Å². The first kappa shape index (κ1) is 21.0. The minimum atomic E-state index is -0.870. The molecule has 25 heavy (non-hydrogen) atoms. The minimum absolute atomic E-state index is 0.0676. The lowest BCUT2D eigenvalue weighted by molar-refractivity contribution is -0.757. The maximum absolute atomic E-state index is 12.0. The Kier molecular flexibility index (Phi) is 9.71. The Morgan fingerprint density at radius 1 is 1.32 bits per heavy atom. The molecule has 0 saturated heterocycles. The molecule has 0 radical (unpaired) electrons. The Bertz CT molecular complexity index is 539. The van der Waals surface area contributed by atoms with Crippen LogP contribution in [0, 0.1) is 10.1 Å². The van der Waals surface area contributed by atoms with Crippen LogP contribution in [0.2, 0.25) is 0 Å². The zero-order chi connectivity index (χ0) is 18.7. The molecule has 1 aromatic rings. The first-order chi connectivity index (χ1) is 11.9. The molecule has 8 nitrogen and oxygen atoms in total. The fraction of sp³-hybridized carbons (Fsp3) is 0.562. The first-order valence-electron chi connectivity index (χ1n) is 8.01. The number of rotatable bonds is 12. The zero-order valence-corrected chi connectivity index (χ0v) is 15.5. The molecule has 0 spiro atoms. The van der Waals surface area contributed by atoms with Gasteiger partial charge >= 0.3 is 5.97 Å². The van der Waals surface area contributed by atoms with Gasteiger partial charge in [-0.2, -0.15) is 0 Å². The lowest BCUT2D eigenvalue weighted by Crippen LogP contribution is -2.30. The molecule has 2 N–H and O–H groups in total. The van der Waals surface area contributed by atoms with Crippen LogP contribution in [0.5, 0.6) is 0 Å². The van der Waals surface area contributed by atoms with E-state index in [9.17, 15) is 14.9 Å². The Hall–Kier alpha value is -2.00. The molecule has 0 aromatic heterocycles. The minimum Gasteiger partial charge on any atom is -0.456 e. The van der Waals surface area contributed by atoms with E-state index in [4.69, 9.17) is 4.74 Å². The number of esters is 1. The predicted octanol–water partition coefficient (Wildman–Crippen LogP) is 2.95. The number of carbonyl (C=O) groups is 1. The van der Waals surface area contributed by atoms with E-state index < -0.39 is 17.2 Å². The maximum Gasteiger partial charge on any atom is 0.306 e. The van der Waals surface area contributed by atoms with Gasteiger partial charge in [0.2, 0.25) is 0 Å². The monoisotopic (exact) mass is 371 g/mol. The number of nitrogens with zero attached hydrogens (tertiary/aromatic N) is 1. The van der Waals surface area contributed by atoms with Gasteiger partial charge in [-0.3, -0.25) is 4.79 Å². The summed E-state index contributed by atoms with van der Waals surface area (Å²) in [5.74, 6) is -0.409. The number of carbonyl (C=O) groups excluding carboxylic acids is 1. The second-order valence-corrected chi connectivity index (χ2v) is 6.24. The van der Waals surface area contributed by atoms with Gasteiger partial charge in [0, 0.05) is 31.0 Å². The van der Waals surface area contributed by atoms with E-state index in [-0.39, 0.29) is 25.5 Å². The van der Waals surface area contributed by atoms with Gasteiger partial charge in [0.1, 0.15) is 6.10 Å². The summed E-state index contributed by atoms with van der Waals surface area (Å²) in [4.78, 5) is 26.3. The number of anilines is 1. The van der Waals surface area contributed by atoms with Crippen molar-refractivity contribution >= 4 is 23.6 Å². The van der Waals surface area contributed by atoms with Crippen molar-refractivity contribution in [1.82, 2.24) is 5.32 Å². The molecular formula is C16H25N3O5S. The summed E-state index contributed by atoms with van der Waals surface area (Å²) in [6, 6.07) is 7.93. The van der Waals surface area contributed by atoms with Crippen molar-refractivity contribution in [3.63, 3.8) is 0 Å².